The van der Waals surface area contributed by atoms with Crippen molar-refractivity contribution in [2.75, 3.05) is 33.5 Å². The highest BCUT2D eigenvalue weighted by molar-refractivity contribution is 5.96. The molecule has 3 aromatic rings. The Kier molecular flexibility index (Phi) is 7.54. The van der Waals surface area contributed by atoms with E-state index in [-0.39, 0.29) is 29.1 Å². The van der Waals surface area contributed by atoms with Crippen LogP contribution in [0, 0.1) is 5.82 Å². The monoisotopic (exact) mass is 469 g/mol. The van der Waals surface area contributed by atoms with Gasteiger partial charge in [-0.25, -0.2) is 9.37 Å². The van der Waals surface area contributed by atoms with Gasteiger partial charge >= 0.3 is 0 Å². The van der Waals surface area contributed by atoms with Crippen LogP contribution in [0.5, 0.6) is 0 Å². The zero-order valence-corrected chi connectivity index (χ0v) is 19.2. The average Bonchev–Trinajstić information content (AvgIpc) is 3.32. The molecule has 2 amide bonds. The first-order valence-electron chi connectivity index (χ1n) is 11.3. The van der Waals surface area contributed by atoms with E-state index in [0.717, 1.165) is 12.8 Å². The summed E-state index contributed by atoms with van der Waals surface area (Å²) in [7, 11) is 1.53. The summed E-state index contributed by atoms with van der Waals surface area (Å²) in [4.78, 5) is 29.6. The summed E-state index contributed by atoms with van der Waals surface area (Å²) in [5.74, 6) is -1.70. The highest BCUT2D eigenvalue weighted by Gasteiger charge is 2.23. The molecule has 4 rings (SSSR count). The average molecular weight is 470 g/mol. The van der Waals surface area contributed by atoms with Crippen LogP contribution in [0.3, 0.4) is 0 Å². The van der Waals surface area contributed by atoms with Gasteiger partial charge in [0.25, 0.3) is 11.8 Å². The molecule has 1 aliphatic heterocycles. The second kappa shape index (κ2) is 10.8. The molecule has 0 radical (unpaired) electrons. The lowest BCUT2D eigenvalue weighted by molar-refractivity contribution is 0.0694. The molecule has 1 saturated heterocycles. The molecule has 9 heteroatoms. The van der Waals surface area contributed by atoms with Crippen LogP contribution < -0.4 is 10.6 Å². The summed E-state index contributed by atoms with van der Waals surface area (Å²) in [6.45, 7) is 3.76. The van der Waals surface area contributed by atoms with Crippen molar-refractivity contribution in [3.8, 4) is 0 Å². The highest BCUT2D eigenvalue weighted by Crippen LogP contribution is 2.32. The van der Waals surface area contributed by atoms with Gasteiger partial charge in [-0.05, 0) is 36.6 Å². The number of rotatable bonds is 8. The molecule has 34 heavy (non-hydrogen) atoms. The number of aromatic nitrogens is 1. The van der Waals surface area contributed by atoms with Gasteiger partial charge in [-0.1, -0.05) is 13.0 Å². The summed E-state index contributed by atoms with van der Waals surface area (Å²) in [5.41, 5.74) is 2.68. The molecular formula is C25H28FN3O5. The molecule has 3 heterocycles. The van der Waals surface area contributed by atoms with Crippen molar-refractivity contribution in [2.45, 2.75) is 31.7 Å². The van der Waals surface area contributed by atoms with E-state index in [9.17, 15) is 14.0 Å². The minimum atomic E-state index is -0.624. The van der Waals surface area contributed by atoms with E-state index >= 15 is 0 Å². The van der Waals surface area contributed by atoms with Crippen molar-refractivity contribution in [2.24, 2.45) is 0 Å². The van der Waals surface area contributed by atoms with Crippen LogP contribution >= 0.6 is 0 Å². The molecule has 2 N–H and O–H groups in total. The molecule has 0 aliphatic carbocycles. The summed E-state index contributed by atoms with van der Waals surface area (Å²) < 4.78 is 30.7. The second-order valence-corrected chi connectivity index (χ2v) is 8.30. The number of nitrogens with zero attached hydrogens (tertiary/aromatic N) is 1. The standard InChI is InChI=1S/C25H28FN3O5/c1-15(16-3-4-18(20(26)13-16)24(30)27-8-12-32-2)19-14-22(29-21-7-11-34-23(19)21)25(31)28-17-5-9-33-10-6-17/h3-4,7,11,13-15,17H,5-6,8-10,12H2,1-2H3,(H,27,30)(H,28,31). The smallest absolute Gasteiger partial charge is 0.270 e. The van der Waals surface area contributed by atoms with Gasteiger partial charge in [0, 0.05) is 50.5 Å². The fraction of sp³-hybridized carbons (Fsp3) is 0.400. The number of carbonyl (C=O) groups is 2. The molecule has 8 nitrogen and oxygen atoms in total. The van der Waals surface area contributed by atoms with Crippen LogP contribution in [-0.4, -0.2) is 56.3 Å². The van der Waals surface area contributed by atoms with E-state index in [0.29, 0.717) is 48.6 Å². The molecule has 1 aliphatic rings. The minimum Gasteiger partial charge on any atom is -0.462 e. The lowest BCUT2D eigenvalue weighted by Crippen LogP contribution is -2.39. The summed E-state index contributed by atoms with van der Waals surface area (Å²) in [6.07, 6.45) is 3.03. The van der Waals surface area contributed by atoms with Gasteiger partial charge < -0.3 is 24.5 Å². The van der Waals surface area contributed by atoms with Crippen LogP contribution in [0.15, 0.2) is 41.0 Å². The third-order valence-electron chi connectivity index (χ3n) is 6.02. The van der Waals surface area contributed by atoms with Crippen LogP contribution in [0.25, 0.3) is 11.1 Å². The number of pyridine rings is 1. The maximum atomic E-state index is 14.8. The molecule has 2 aromatic heterocycles. The zero-order valence-electron chi connectivity index (χ0n) is 19.2. The van der Waals surface area contributed by atoms with Crippen molar-refractivity contribution in [3.05, 3.63) is 64.8 Å². The molecule has 1 aromatic carbocycles. The first-order valence-corrected chi connectivity index (χ1v) is 11.3. The highest BCUT2D eigenvalue weighted by atomic mass is 19.1. The first kappa shape index (κ1) is 23.8. The Balaban J connectivity index is 1.58. The van der Waals surface area contributed by atoms with E-state index in [1.165, 1.54) is 25.5 Å². The lowest BCUT2D eigenvalue weighted by Gasteiger charge is -2.23. The number of methoxy groups -OCH3 is 1. The van der Waals surface area contributed by atoms with Crippen molar-refractivity contribution in [1.82, 2.24) is 15.6 Å². The number of halogens is 1. The van der Waals surface area contributed by atoms with Crippen LogP contribution in [0.1, 0.15) is 57.7 Å². The number of nitrogens with one attached hydrogen (secondary N) is 2. The number of furan rings is 1. The van der Waals surface area contributed by atoms with Gasteiger partial charge in [-0.3, -0.25) is 9.59 Å². The Morgan fingerprint density at radius 1 is 1.21 bits per heavy atom. The molecular weight excluding hydrogens is 441 g/mol. The lowest BCUT2D eigenvalue weighted by atomic mass is 9.91. The maximum absolute atomic E-state index is 14.8. The summed E-state index contributed by atoms with van der Waals surface area (Å²) in [5, 5.41) is 5.64. The molecule has 0 saturated carbocycles. The molecule has 0 bridgehead atoms. The Morgan fingerprint density at radius 3 is 2.74 bits per heavy atom. The number of hydrogen-bond donors (Lipinski definition) is 2. The third-order valence-corrected chi connectivity index (χ3v) is 6.02. The first-order chi connectivity index (χ1) is 16.5. The largest absolute Gasteiger partial charge is 0.462 e. The van der Waals surface area contributed by atoms with Crippen molar-refractivity contribution >= 4 is 22.9 Å². The van der Waals surface area contributed by atoms with Gasteiger partial charge in [0.15, 0.2) is 5.58 Å². The fourth-order valence-corrected chi connectivity index (χ4v) is 4.05. The topological polar surface area (TPSA) is 103 Å². The minimum absolute atomic E-state index is 0.0403. The normalized spacial score (nSPS) is 15.3. The van der Waals surface area contributed by atoms with Crippen LogP contribution in [0.4, 0.5) is 4.39 Å². The predicted molar refractivity (Wildman–Crippen MR) is 123 cm³/mol. The number of benzene rings is 1. The van der Waals surface area contributed by atoms with Crippen molar-refractivity contribution < 1.29 is 27.9 Å². The fourth-order valence-electron chi connectivity index (χ4n) is 4.05. The number of ether oxygens (including phenoxy) is 2. The summed E-state index contributed by atoms with van der Waals surface area (Å²) in [6, 6.07) is 7.94. The van der Waals surface area contributed by atoms with Gasteiger partial charge in [-0.15, -0.1) is 0 Å². The number of amides is 2. The number of hydrogen-bond acceptors (Lipinski definition) is 6. The molecule has 1 fully saturated rings. The van der Waals surface area contributed by atoms with E-state index in [1.54, 1.807) is 18.2 Å². The molecule has 1 atom stereocenters. The maximum Gasteiger partial charge on any atom is 0.270 e. The van der Waals surface area contributed by atoms with E-state index in [1.807, 2.05) is 6.92 Å². The number of fused-ring (bicyclic) bond motifs is 1. The predicted octanol–water partition coefficient (Wildman–Crippen LogP) is 3.40. The number of carbonyl (C=O) groups excluding carboxylic acids is 2. The second-order valence-electron chi connectivity index (χ2n) is 8.30. The van der Waals surface area contributed by atoms with Crippen molar-refractivity contribution in [3.63, 3.8) is 0 Å². The quantitative estimate of drug-likeness (QED) is 0.490. The van der Waals surface area contributed by atoms with Crippen molar-refractivity contribution in [1.29, 1.82) is 0 Å². The van der Waals surface area contributed by atoms with E-state index in [2.05, 4.69) is 15.6 Å². The van der Waals surface area contributed by atoms with Gasteiger partial charge in [0.05, 0.1) is 18.4 Å². The Bertz CT molecular complexity index is 1170. The molecule has 0 spiro atoms. The summed E-state index contributed by atoms with van der Waals surface area (Å²) >= 11 is 0. The van der Waals surface area contributed by atoms with E-state index < -0.39 is 11.7 Å². The molecule has 1 unspecified atom stereocenters. The van der Waals surface area contributed by atoms with Gasteiger partial charge in [0.1, 0.15) is 17.0 Å². The van der Waals surface area contributed by atoms with Crippen LogP contribution in [0.2, 0.25) is 0 Å². The van der Waals surface area contributed by atoms with Crippen LogP contribution in [-0.2, 0) is 9.47 Å². The zero-order chi connectivity index (χ0) is 24.1. The Hall–Kier alpha value is -3.30. The molecule has 180 valence electrons. The SMILES string of the molecule is COCCNC(=O)c1ccc(C(C)c2cc(C(=O)NC3CCOCC3)nc3ccoc23)cc1F. The van der Waals surface area contributed by atoms with Gasteiger partial charge in [-0.2, -0.15) is 0 Å². The van der Waals surface area contributed by atoms with E-state index in [4.69, 9.17) is 13.9 Å². The van der Waals surface area contributed by atoms with Gasteiger partial charge in [0.2, 0.25) is 0 Å². The Morgan fingerprint density at radius 2 is 2.00 bits per heavy atom. The Labute approximate surface area is 196 Å². The third kappa shape index (κ3) is 5.26.